The molecular weight excluding hydrogens is 242 g/mol. The second kappa shape index (κ2) is 5.21. The van der Waals surface area contributed by atoms with Crippen molar-refractivity contribution in [1.29, 1.82) is 0 Å². The topological polar surface area (TPSA) is 42.1 Å². The minimum Gasteiger partial charge on any atom is -0.445 e. The van der Waals surface area contributed by atoms with E-state index in [4.69, 9.17) is 9.47 Å². The summed E-state index contributed by atoms with van der Waals surface area (Å²) in [5.74, 6) is 0. The van der Waals surface area contributed by atoms with Crippen molar-refractivity contribution in [2.24, 2.45) is 0 Å². The van der Waals surface area contributed by atoms with Gasteiger partial charge in [0.1, 0.15) is 12.7 Å². The summed E-state index contributed by atoms with van der Waals surface area (Å²) in [7, 11) is 0. The van der Waals surface area contributed by atoms with Crippen LogP contribution < -0.4 is 0 Å². The number of fused-ring (bicyclic) bond motifs is 1. The molecule has 1 aromatic carbocycles. The molecule has 1 aromatic rings. The fourth-order valence-electron chi connectivity index (χ4n) is 2.59. The first-order valence-electron chi connectivity index (χ1n) is 6.87. The molecule has 0 aromatic heterocycles. The Bertz CT molecular complexity index is 448. The molecule has 19 heavy (non-hydrogen) atoms. The van der Waals surface area contributed by atoms with Crippen LogP contribution in [0.15, 0.2) is 30.3 Å². The summed E-state index contributed by atoms with van der Waals surface area (Å²) < 4.78 is 10.9. The van der Waals surface area contributed by atoms with E-state index in [-0.39, 0.29) is 18.2 Å². The summed E-state index contributed by atoms with van der Waals surface area (Å²) in [6.07, 6.45) is 2.41. The van der Waals surface area contributed by atoms with E-state index in [1.165, 1.54) is 0 Å². The average molecular weight is 261 g/mol. The number of carbonyl (C=O) groups is 1. The number of benzene rings is 1. The number of nitrogens with zero attached hydrogens (tertiary/aromatic N) is 1. The Labute approximate surface area is 113 Å². The van der Waals surface area contributed by atoms with E-state index < -0.39 is 0 Å². The van der Waals surface area contributed by atoms with Crippen molar-refractivity contribution >= 4 is 6.09 Å². The number of ether oxygens (including phenoxy) is 2. The lowest BCUT2D eigenvalue weighted by Crippen LogP contribution is -2.40. The zero-order chi connectivity index (χ0) is 13.2. The first kappa shape index (κ1) is 12.5. The van der Waals surface area contributed by atoms with Gasteiger partial charge in [-0.05, 0) is 25.3 Å². The highest BCUT2D eigenvalue weighted by Gasteiger charge is 2.44. The van der Waals surface area contributed by atoms with Gasteiger partial charge in [0.2, 0.25) is 0 Å². The van der Waals surface area contributed by atoms with Crippen molar-refractivity contribution in [3.63, 3.8) is 0 Å². The molecular formula is C15H19NO3. The highest BCUT2D eigenvalue weighted by molar-refractivity contribution is 5.68. The van der Waals surface area contributed by atoms with Gasteiger partial charge >= 0.3 is 6.09 Å². The van der Waals surface area contributed by atoms with E-state index in [9.17, 15) is 4.79 Å². The third-order valence-corrected chi connectivity index (χ3v) is 3.90. The zero-order valence-electron chi connectivity index (χ0n) is 11.1. The Kier molecular flexibility index (Phi) is 3.42. The molecule has 2 aliphatic heterocycles. The van der Waals surface area contributed by atoms with Crippen LogP contribution >= 0.6 is 0 Å². The van der Waals surface area contributed by atoms with E-state index in [1.807, 2.05) is 30.3 Å². The van der Waals surface area contributed by atoms with Crippen LogP contribution in [0.25, 0.3) is 0 Å². The minimum atomic E-state index is -0.229. The molecule has 0 saturated carbocycles. The van der Waals surface area contributed by atoms with Crippen LogP contribution in [0, 0.1) is 0 Å². The summed E-state index contributed by atoms with van der Waals surface area (Å²) >= 11 is 0. The number of amides is 1. The van der Waals surface area contributed by atoms with Gasteiger partial charge in [0, 0.05) is 6.04 Å². The SMILES string of the molecule is C[C@@H]1CC[C@@H]2O[C@@H]2CN1C(=O)OCc1ccccc1. The molecule has 102 valence electrons. The van der Waals surface area contributed by atoms with Crippen LogP contribution in [-0.4, -0.2) is 35.8 Å². The standard InChI is InChI=1S/C15H19NO3/c1-11-7-8-13-14(19-13)9-16(11)15(17)18-10-12-5-3-2-4-6-12/h2-6,11,13-14H,7-10H2,1H3/t11-,13+,14-/m1/s1. The Balaban J connectivity index is 1.56. The van der Waals surface area contributed by atoms with Crippen LogP contribution in [0.1, 0.15) is 25.3 Å². The van der Waals surface area contributed by atoms with E-state index in [2.05, 4.69) is 6.92 Å². The van der Waals surface area contributed by atoms with E-state index in [0.29, 0.717) is 19.3 Å². The van der Waals surface area contributed by atoms with Crippen LogP contribution in [0.5, 0.6) is 0 Å². The molecule has 0 unspecified atom stereocenters. The van der Waals surface area contributed by atoms with E-state index in [1.54, 1.807) is 4.90 Å². The van der Waals surface area contributed by atoms with Crippen molar-refractivity contribution < 1.29 is 14.3 Å². The fraction of sp³-hybridized carbons (Fsp3) is 0.533. The molecule has 0 N–H and O–H groups in total. The number of likely N-dealkylation sites (tertiary alicyclic amines) is 1. The van der Waals surface area contributed by atoms with Crippen molar-refractivity contribution in [2.45, 2.75) is 44.6 Å². The van der Waals surface area contributed by atoms with Crippen LogP contribution in [0.4, 0.5) is 4.79 Å². The molecule has 2 heterocycles. The fourth-order valence-corrected chi connectivity index (χ4v) is 2.59. The monoisotopic (exact) mass is 261 g/mol. The van der Waals surface area contributed by atoms with Crippen LogP contribution in [0.3, 0.4) is 0 Å². The Morgan fingerprint density at radius 2 is 2.11 bits per heavy atom. The number of hydrogen-bond donors (Lipinski definition) is 0. The average Bonchev–Trinajstić information content (AvgIpc) is 3.19. The lowest BCUT2D eigenvalue weighted by atomic mass is 10.1. The van der Waals surface area contributed by atoms with Gasteiger partial charge in [0.25, 0.3) is 0 Å². The lowest BCUT2D eigenvalue weighted by Gasteiger charge is -2.26. The van der Waals surface area contributed by atoms with Crippen molar-refractivity contribution in [1.82, 2.24) is 4.90 Å². The summed E-state index contributed by atoms with van der Waals surface area (Å²) in [6.45, 7) is 3.08. The lowest BCUT2D eigenvalue weighted by molar-refractivity contribution is 0.0774. The van der Waals surface area contributed by atoms with Gasteiger partial charge < -0.3 is 14.4 Å². The summed E-state index contributed by atoms with van der Waals surface area (Å²) in [5.41, 5.74) is 1.01. The second-order valence-corrected chi connectivity index (χ2v) is 5.33. The number of epoxide rings is 1. The zero-order valence-corrected chi connectivity index (χ0v) is 11.1. The molecule has 2 aliphatic rings. The first-order chi connectivity index (χ1) is 9.24. The molecule has 2 saturated heterocycles. The van der Waals surface area contributed by atoms with Gasteiger partial charge in [-0.2, -0.15) is 0 Å². The van der Waals surface area contributed by atoms with Crippen molar-refractivity contribution in [3.8, 4) is 0 Å². The highest BCUT2D eigenvalue weighted by atomic mass is 16.6. The third-order valence-electron chi connectivity index (χ3n) is 3.90. The predicted molar refractivity (Wildman–Crippen MR) is 70.7 cm³/mol. The molecule has 3 atom stereocenters. The maximum atomic E-state index is 12.1. The first-order valence-corrected chi connectivity index (χ1v) is 6.87. The molecule has 0 aliphatic carbocycles. The maximum Gasteiger partial charge on any atom is 0.410 e. The summed E-state index contributed by atoms with van der Waals surface area (Å²) in [5, 5.41) is 0. The van der Waals surface area contributed by atoms with Gasteiger partial charge in [-0.25, -0.2) is 4.79 Å². The molecule has 0 radical (unpaired) electrons. The highest BCUT2D eigenvalue weighted by Crippen LogP contribution is 2.32. The van der Waals surface area contributed by atoms with E-state index in [0.717, 1.165) is 18.4 Å². The maximum absolute atomic E-state index is 12.1. The Hall–Kier alpha value is -1.55. The van der Waals surface area contributed by atoms with Crippen LogP contribution in [0.2, 0.25) is 0 Å². The smallest absolute Gasteiger partial charge is 0.410 e. The molecule has 4 heteroatoms. The number of carbonyl (C=O) groups excluding carboxylic acids is 1. The molecule has 0 bridgehead atoms. The molecule has 0 spiro atoms. The number of hydrogen-bond acceptors (Lipinski definition) is 3. The molecule has 3 rings (SSSR count). The predicted octanol–water partition coefficient (Wildman–Crippen LogP) is 2.57. The van der Waals surface area contributed by atoms with Gasteiger partial charge in [-0.3, -0.25) is 0 Å². The van der Waals surface area contributed by atoms with Gasteiger partial charge in [0.05, 0.1) is 12.6 Å². The summed E-state index contributed by atoms with van der Waals surface area (Å²) in [4.78, 5) is 14.0. The summed E-state index contributed by atoms with van der Waals surface area (Å²) in [6, 6.07) is 9.99. The van der Waals surface area contributed by atoms with Gasteiger partial charge in [0.15, 0.2) is 0 Å². The molecule has 2 fully saturated rings. The molecule has 4 nitrogen and oxygen atoms in total. The van der Waals surface area contributed by atoms with Crippen LogP contribution in [-0.2, 0) is 16.1 Å². The second-order valence-electron chi connectivity index (χ2n) is 5.33. The quantitative estimate of drug-likeness (QED) is 0.768. The van der Waals surface area contributed by atoms with Gasteiger partial charge in [-0.1, -0.05) is 30.3 Å². The largest absolute Gasteiger partial charge is 0.445 e. The number of rotatable bonds is 2. The minimum absolute atomic E-state index is 0.229. The van der Waals surface area contributed by atoms with Crippen molar-refractivity contribution in [2.75, 3.05) is 6.54 Å². The van der Waals surface area contributed by atoms with Gasteiger partial charge in [-0.15, -0.1) is 0 Å². The Morgan fingerprint density at radius 3 is 2.89 bits per heavy atom. The van der Waals surface area contributed by atoms with Crippen molar-refractivity contribution in [3.05, 3.63) is 35.9 Å². The normalized spacial score (nSPS) is 29.3. The third kappa shape index (κ3) is 2.89. The molecule has 1 amide bonds. The Morgan fingerprint density at radius 1 is 1.32 bits per heavy atom. The van der Waals surface area contributed by atoms with E-state index >= 15 is 0 Å².